The zero-order chi connectivity index (χ0) is 18.7. The molecule has 1 aliphatic rings. The van der Waals surface area contributed by atoms with E-state index in [0.717, 1.165) is 22.4 Å². The molecule has 2 aromatic rings. The summed E-state index contributed by atoms with van der Waals surface area (Å²) in [5, 5.41) is 12.3. The smallest absolute Gasteiger partial charge is 0.266 e. The minimum atomic E-state index is -0.433. The Morgan fingerprint density at radius 2 is 1.73 bits per heavy atom. The van der Waals surface area contributed by atoms with Gasteiger partial charge >= 0.3 is 0 Å². The van der Waals surface area contributed by atoms with Gasteiger partial charge in [-0.1, -0.05) is 23.8 Å². The zero-order valence-corrected chi connectivity index (χ0v) is 15.1. The lowest BCUT2D eigenvalue weighted by Crippen LogP contribution is -2.16. The van der Waals surface area contributed by atoms with E-state index in [1.165, 1.54) is 0 Å². The van der Waals surface area contributed by atoms with Crippen LogP contribution in [0.15, 0.2) is 35.9 Å². The first-order chi connectivity index (χ1) is 12.5. The van der Waals surface area contributed by atoms with E-state index in [-0.39, 0.29) is 5.57 Å². The SMILES string of the molecule is Cc1cc(C)c(NC(=O)C(C#N)=Cc2ccc3c(c2)OCCO3)c(C)c1. The average Bonchev–Trinajstić information content (AvgIpc) is 2.62. The predicted molar refractivity (Wildman–Crippen MR) is 100 cm³/mol. The van der Waals surface area contributed by atoms with E-state index in [2.05, 4.69) is 5.32 Å². The van der Waals surface area contributed by atoms with Crippen LogP contribution in [0.25, 0.3) is 6.08 Å². The summed E-state index contributed by atoms with van der Waals surface area (Å²) >= 11 is 0. The molecule has 0 radical (unpaired) electrons. The van der Waals surface area contributed by atoms with Crippen LogP contribution in [-0.4, -0.2) is 19.1 Å². The Balaban J connectivity index is 1.86. The summed E-state index contributed by atoms with van der Waals surface area (Å²) in [4.78, 5) is 12.6. The molecule has 0 atom stereocenters. The standard InChI is InChI=1S/C21H20N2O3/c1-13-8-14(2)20(15(3)9-13)23-21(24)17(12-22)10-16-4-5-18-19(11-16)26-7-6-25-18/h4-5,8-11H,6-7H2,1-3H3,(H,23,24). The Morgan fingerprint density at radius 1 is 1.08 bits per heavy atom. The summed E-state index contributed by atoms with van der Waals surface area (Å²) in [5.74, 6) is 0.854. The molecule has 0 saturated heterocycles. The van der Waals surface area contributed by atoms with Crippen LogP contribution in [0.2, 0.25) is 0 Å². The van der Waals surface area contributed by atoms with Crippen molar-refractivity contribution in [1.82, 2.24) is 0 Å². The third kappa shape index (κ3) is 3.70. The molecule has 132 valence electrons. The van der Waals surface area contributed by atoms with Gasteiger partial charge < -0.3 is 14.8 Å². The average molecular weight is 348 g/mol. The maximum Gasteiger partial charge on any atom is 0.266 e. The van der Waals surface area contributed by atoms with Crippen molar-refractivity contribution in [3.8, 4) is 17.6 Å². The van der Waals surface area contributed by atoms with Gasteiger partial charge in [0.2, 0.25) is 0 Å². The van der Waals surface area contributed by atoms with E-state index in [1.54, 1.807) is 24.3 Å². The van der Waals surface area contributed by atoms with Gasteiger partial charge in [0.1, 0.15) is 24.9 Å². The van der Waals surface area contributed by atoms with Crippen molar-refractivity contribution in [2.24, 2.45) is 0 Å². The van der Waals surface area contributed by atoms with Gasteiger partial charge in [0, 0.05) is 5.69 Å². The second-order valence-corrected chi connectivity index (χ2v) is 6.30. The minimum absolute atomic E-state index is 0.0288. The maximum absolute atomic E-state index is 12.6. The quantitative estimate of drug-likeness (QED) is 0.674. The van der Waals surface area contributed by atoms with Crippen molar-refractivity contribution in [3.05, 3.63) is 58.2 Å². The summed E-state index contributed by atoms with van der Waals surface area (Å²) in [6.07, 6.45) is 1.55. The number of fused-ring (bicyclic) bond motifs is 1. The number of nitrogens with zero attached hydrogens (tertiary/aromatic N) is 1. The number of nitrogens with one attached hydrogen (secondary N) is 1. The molecule has 2 aromatic carbocycles. The molecule has 0 spiro atoms. The number of hydrogen-bond acceptors (Lipinski definition) is 4. The Morgan fingerprint density at radius 3 is 2.38 bits per heavy atom. The van der Waals surface area contributed by atoms with Crippen LogP contribution in [0.4, 0.5) is 5.69 Å². The van der Waals surface area contributed by atoms with E-state index in [9.17, 15) is 10.1 Å². The highest BCUT2D eigenvalue weighted by atomic mass is 16.6. The van der Waals surface area contributed by atoms with E-state index in [4.69, 9.17) is 9.47 Å². The van der Waals surface area contributed by atoms with Crippen molar-refractivity contribution in [2.75, 3.05) is 18.5 Å². The number of ether oxygens (including phenoxy) is 2. The summed E-state index contributed by atoms with van der Waals surface area (Å²) in [7, 11) is 0. The molecule has 3 rings (SSSR count). The number of carbonyl (C=O) groups is 1. The summed E-state index contributed by atoms with van der Waals surface area (Å²) < 4.78 is 11.0. The highest BCUT2D eigenvalue weighted by molar-refractivity contribution is 6.10. The first-order valence-electron chi connectivity index (χ1n) is 8.38. The number of carbonyl (C=O) groups excluding carboxylic acids is 1. The molecule has 1 amide bonds. The molecule has 0 aromatic heterocycles. The Labute approximate surface area is 152 Å². The molecule has 0 bridgehead atoms. The van der Waals surface area contributed by atoms with Crippen LogP contribution in [-0.2, 0) is 4.79 Å². The van der Waals surface area contributed by atoms with Gasteiger partial charge in [-0.2, -0.15) is 5.26 Å². The lowest BCUT2D eigenvalue weighted by Gasteiger charge is -2.18. The Hall–Kier alpha value is -3.26. The topological polar surface area (TPSA) is 71.4 Å². The molecule has 1 aliphatic heterocycles. The van der Waals surface area contributed by atoms with Crippen LogP contribution in [0.1, 0.15) is 22.3 Å². The van der Waals surface area contributed by atoms with Crippen molar-refractivity contribution in [3.63, 3.8) is 0 Å². The van der Waals surface area contributed by atoms with Crippen molar-refractivity contribution in [2.45, 2.75) is 20.8 Å². The summed E-state index contributed by atoms with van der Waals surface area (Å²) in [6, 6.07) is 11.3. The number of anilines is 1. The van der Waals surface area contributed by atoms with Gasteiger partial charge in [0.05, 0.1) is 0 Å². The molecule has 5 nitrogen and oxygen atoms in total. The van der Waals surface area contributed by atoms with Gasteiger partial charge in [0.15, 0.2) is 11.5 Å². The van der Waals surface area contributed by atoms with Crippen molar-refractivity contribution in [1.29, 1.82) is 5.26 Å². The molecular weight excluding hydrogens is 328 g/mol. The van der Waals surface area contributed by atoms with Gasteiger partial charge in [-0.15, -0.1) is 0 Å². The highest BCUT2D eigenvalue weighted by Crippen LogP contribution is 2.31. The highest BCUT2D eigenvalue weighted by Gasteiger charge is 2.15. The number of hydrogen-bond donors (Lipinski definition) is 1. The van der Waals surface area contributed by atoms with Gasteiger partial charge in [-0.05, 0) is 55.7 Å². The van der Waals surface area contributed by atoms with Crippen molar-refractivity contribution < 1.29 is 14.3 Å². The molecule has 0 unspecified atom stereocenters. The first kappa shape index (κ1) is 17.6. The number of amides is 1. The first-order valence-corrected chi connectivity index (χ1v) is 8.38. The van der Waals surface area contributed by atoms with Gasteiger partial charge in [-0.3, -0.25) is 4.79 Å². The zero-order valence-electron chi connectivity index (χ0n) is 15.1. The molecule has 0 fully saturated rings. The largest absolute Gasteiger partial charge is 0.486 e. The molecular formula is C21H20N2O3. The molecule has 1 N–H and O–H groups in total. The fourth-order valence-corrected chi connectivity index (χ4v) is 3.02. The van der Waals surface area contributed by atoms with E-state index in [1.807, 2.05) is 39.0 Å². The Bertz CT molecular complexity index is 916. The van der Waals surface area contributed by atoms with Crippen LogP contribution < -0.4 is 14.8 Å². The van der Waals surface area contributed by atoms with Crippen LogP contribution in [0.3, 0.4) is 0 Å². The van der Waals surface area contributed by atoms with E-state index >= 15 is 0 Å². The number of benzene rings is 2. The number of rotatable bonds is 3. The molecule has 0 saturated carbocycles. The molecule has 26 heavy (non-hydrogen) atoms. The summed E-state index contributed by atoms with van der Waals surface area (Å²) in [6.45, 7) is 6.88. The maximum atomic E-state index is 12.6. The van der Waals surface area contributed by atoms with E-state index < -0.39 is 5.91 Å². The third-order valence-electron chi connectivity index (χ3n) is 4.16. The lowest BCUT2D eigenvalue weighted by molar-refractivity contribution is -0.112. The predicted octanol–water partition coefficient (Wildman–Crippen LogP) is 3.93. The number of nitriles is 1. The fraction of sp³-hybridized carbons (Fsp3) is 0.238. The molecule has 1 heterocycles. The van der Waals surface area contributed by atoms with Crippen LogP contribution >= 0.6 is 0 Å². The van der Waals surface area contributed by atoms with Crippen LogP contribution in [0, 0.1) is 32.1 Å². The normalized spacial score (nSPS) is 13.1. The second kappa shape index (κ2) is 7.32. The molecule has 5 heteroatoms. The van der Waals surface area contributed by atoms with Crippen LogP contribution in [0.5, 0.6) is 11.5 Å². The summed E-state index contributed by atoms with van der Waals surface area (Å²) in [5.41, 5.74) is 4.54. The second-order valence-electron chi connectivity index (χ2n) is 6.30. The van der Waals surface area contributed by atoms with Gasteiger partial charge in [-0.25, -0.2) is 0 Å². The minimum Gasteiger partial charge on any atom is -0.486 e. The molecule has 0 aliphatic carbocycles. The third-order valence-corrected chi connectivity index (χ3v) is 4.16. The monoisotopic (exact) mass is 348 g/mol. The van der Waals surface area contributed by atoms with Crippen molar-refractivity contribution >= 4 is 17.7 Å². The Kier molecular flexibility index (Phi) is 4.94. The lowest BCUT2D eigenvalue weighted by atomic mass is 10.0. The van der Waals surface area contributed by atoms with E-state index in [0.29, 0.717) is 30.3 Å². The number of aryl methyl sites for hydroxylation is 3. The fourth-order valence-electron chi connectivity index (χ4n) is 3.02. The van der Waals surface area contributed by atoms with Gasteiger partial charge in [0.25, 0.3) is 5.91 Å².